The maximum absolute atomic E-state index is 13.9. The number of carbonyl (C=O) groups is 4. The molecule has 0 aliphatic rings. The number of rotatable bonds is 19. The van der Waals surface area contributed by atoms with Gasteiger partial charge in [-0.25, -0.2) is 9.59 Å². The van der Waals surface area contributed by atoms with Crippen LogP contribution in [0, 0.1) is 11.8 Å². The first-order valence-electron chi connectivity index (χ1n) is 18.1. The minimum atomic E-state index is -1.000. The minimum Gasteiger partial charge on any atom is -0.445 e. The summed E-state index contributed by atoms with van der Waals surface area (Å²) in [6.07, 6.45) is 1.12. The highest BCUT2D eigenvalue weighted by Gasteiger charge is 2.31. The molecule has 0 heterocycles. The van der Waals surface area contributed by atoms with Gasteiger partial charge in [-0.2, -0.15) is 0 Å². The fourth-order valence-corrected chi connectivity index (χ4v) is 5.84. The number of esters is 1. The third-order valence-electron chi connectivity index (χ3n) is 8.62. The van der Waals surface area contributed by atoms with E-state index in [0.717, 1.165) is 21.9 Å². The zero-order chi connectivity index (χ0) is 37.3. The van der Waals surface area contributed by atoms with Crippen LogP contribution in [0.5, 0.6) is 5.75 Å². The van der Waals surface area contributed by atoms with E-state index < -0.39 is 36.1 Å². The van der Waals surface area contributed by atoms with Crippen LogP contribution in [0.3, 0.4) is 0 Å². The van der Waals surface area contributed by atoms with Crippen molar-refractivity contribution in [2.75, 3.05) is 6.54 Å². The van der Waals surface area contributed by atoms with Crippen LogP contribution in [-0.4, -0.2) is 48.5 Å². The summed E-state index contributed by atoms with van der Waals surface area (Å²) in [4.78, 5) is 53.5. The van der Waals surface area contributed by atoms with E-state index in [4.69, 9.17) is 9.47 Å². The number of hydrogen-bond donors (Lipinski definition) is 4. The molecule has 4 rings (SSSR count). The standard InChI is InChI=1S/C42H52N4O6/c1-29(2)26-36(46-40(48)38(30(3)4)44-27-31-16-7-5-8-17-31)39(47)45-35(41(49)52-37-24-15-21-33-20-11-12-22-34(33)37)23-13-14-25-43-42(50)51-28-32-18-9-6-10-19-32/h5-12,15-22,24,29-30,35-36,38,44H,13-14,23,25-28H2,1-4H3,(H,43,50)(H,45,47)(H,46,48)/t35-,36-,38-/m0/s1. The van der Waals surface area contributed by atoms with Crippen LogP contribution in [-0.2, 0) is 32.3 Å². The van der Waals surface area contributed by atoms with Gasteiger partial charge in [0.15, 0.2) is 0 Å². The van der Waals surface area contributed by atoms with Crippen molar-refractivity contribution in [2.45, 2.75) is 84.7 Å². The molecule has 276 valence electrons. The zero-order valence-electron chi connectivity index (χ0n) is 30.6. The Hall–Kier alpha value is -5.22. The van der Waals surface area contributed by atoms with Crippen LogP contribution in [0.2, 0.25) is 0 Å². The second kappa shape index (κ2) is 20.6. The van der Waals surface area contributed by atoms with E-state index in [2.05, 4.69) is 21.3 Å². The number of ether oxygens (including phenoxy) is 2. The first-order valence-corrected chi connectivity index (χ1v) is 18.1. The van der Waals surface area contributed by atoms with E-state index in [1.54, 1.807) is 6.07 Å². The van der Waals surface area contributed by atoms with Crippen LogP contribution < -0.4 is 26.0 Å². The Morgan fingerprint density at radius 1 is 0.673 bits per heavy atom. The smallest absolute Gasteiger partial charge is 0.407 e. The van der Waals surface area contributed by atoms with Crippen LogP contribution in [0.25, 0.3) is 10.8 Å². The summed E-state index contributed by atoms with van der Waals surface area (Å²) in [7, 11) is 0. The Labute approximate surface area is 307 Å². The molecule has 0 fully saturated rings. The van der Waals surface area contributed by atoms with Crippen molar-refractivity contribution >= 4 is 34.6 Å². The number of fused-ring (bicyclic) bond motifs is 1. The fourth-order valence-electron chi connectivity index (χ4n) is 5.84. The Bertz CT molecular complexity index is 1730. The van der Waals surface area contributed by atoms with Crippen molar-refractivity contribution in [3.05, 3.63) is 114 Å². The van der Waals surface area contributed by atoms with Crippen molar-refractivity contribution in [3.63, 3.8) is 0 Å². The number of amides is 3. The molecule has 4 aromatic carbocycles. The van der Waals surface area contributed by atoms with Gasteiger partial charge in [-0.3, -0.25) is 9.59 Å². The van der Waals surface area contributed by atoms with Crippen molar-refractivity contribution in [1.82, 2.24) is 21.3 Å². The van der Waals surface area contributed by atoms with Crippen LogP contribution in [0.15, 0.2) is 103 Å². The number of unbranched alkanes of at least 4 members (excludes halogenated alkanes) is 1. The first-order chi connectivity index (χ1) is 25.1. The average Bonchev–Trinajstić information content (AvgIpc) is 3.13. The number of hydrogen-bond acceptors (Lipinski definition) is 7. The normalized spacial score (nSPS) is 12.9. The molecule has 0 aliphatic heterocycles. The molecule has 0 bridgehead atoms. The van der Waals surface area contributed by atoms with Gasteiger partial charge in [0.05, 0.1) is 6.04 Å². The second-order valence-electron chi connectivity index (χ2n) is 13.7. The largest absolute Gasteiger partial charge is 0.445 e. The highest BCUT2D eigenvalue weighted by Crippen LogP contribution is 2.26. The van der Waals surface area contributed by atoms with Gasteiger partial charge in [0.1, 0.15) is 24.4 Å². The van der Waals surface area contributed by atoms with Gasteiger partial charge in [-0.05, 0) is 60.1 Å². The molecule has 0 saturated heterocycles. The molecule has 3 amide bonds. The quantitative estimate of drug-likeness (QED) is 0.0486. The van der Waals surface area contributed by atoms with Crippen LogP contribution >= 0.6 is 0 Å². The summed E-state index contributed by atoms with van der Waals surface area (Å²) >= 11 is 0. The lowest BCUT2D eigenvalue weighted by atomic mass is 9.99. The summed E-state index contributed by atoms with van der Waals surface area (Å²) in [6, 6.07) is 29.9. The van der Waals surface area contributed by atoms with Gasteiger partial charge < -0.3 is 30.7 Å². The van der Waals surface area contributed by atoms with Crippen molar-refractivity contribution in [1.29, 1.82) is 0 Å². The summed E-state index contributed by atoms with van der Waals surface area (Å²) in [5, 5.41) is 13.6. The van der Waals surface area contributed by atoms with Crippen molar-refractivity contribution < 1.29 is 28.7 Å². The summed E-state index contributed by atoms with van der Waals surface area (Å²) < 4.78 is 11.2. The molecule has 0 radical (unpaired) electrons. The molecule has 0 aliphatic carbocycles. The molecule has 4 N–H and O–H groups in total. The van der Waals surface area contributed by atoms with E-state index in [-0.39, 0.29) is 30.8 Å². The predicted molar refractivity (Wildman–Crippen MR) is 203 cm³/mol. The molecular weight excluding hydrogens is 656 g/mol. The first kappa shape index (κ1) is 39.6. The van der Waals surface area contributed by atoms with E-state index in [1.165, 1.54) is 0 Å². The lowest BCUT2D eigenvalue weighted by molar-refractivity contribution is -0.140. The Kier molecular flexibility index (Phi) is 15.7. The fraction of sp³-hybridized carbons (Fsp3) is 0.381. The maximum atomic E-state index is 13.9. The molecule has 0 unspecified atom stereocenters. The summed E-state index contributed by atoms with van der Waals surface area (Å²) in [5.41, 5.74) is 1.93. The number of alkyl carbamates (subject to hydrolysis) is 1. The second-order valence-corrected chi connectivity index (χ2v) is 13.7. The molecule has 0 aromatic heterocycles. The van der Waals surface area contributed by atoms with Gasteiger partial charge in [-0.1, -0.05) is 125 Å². The summed E-state index contributed by atoms with van der Waals surface area (Å²) in [6.45, 7) is 8.85. The lowest BCUT2D eigenvalue weighted by Crippen LogP contribution is -2.56. The van der Waals surface area contributed by atoms with E-state index in [1.807, 2.05) is 125 Å². The average molecular weight is 709 g/mol. The molecule has 0 saturated carbocycles. The van der Waals surface area contributed by atoms with E-state index in [0.29, 0.717) is 38.1 Å². The van der Waals surface area contributed by atoms with Crippen molar-refractivity contribution in [2.24, 2.45) is 11.8 Å². The van der Waals surface area contributed by atoms with Gasteiger partial charge in [0.2, 0.25) is 11.8 Å². The Balaban J connectivity index is 1.41. The maximum Gasteiger partial charge on any atom is 0.407 e. The van der Waals surface area contributed by atoms with Gasteiger partial charge in [0, 0.05) is 18.5 Å². The number of carbonyl (C=O) groups excluding carboxylic acids is 4. The third kappa shape index (κ3) is 12.8. The van der Waals surface area contributed by atoms with Crippen molar-refractivity contribution in [3.8, 4) is 5.75 Å². The van der Waals surface area contributed by atoms with Crippen LogP contribution in [0.1, 0.15) is 64.5 Å². The SMILES string of the molecule is CC(C)C[C@H](NC(=O)[C@@H](NCc1ccccc1)C(C)C)C(=O)N[C@@H](CCCCNC(=O)OCc1ccccc1)C(=O)Oc1cccc2ccccc12. The minimum absolute atomic E-state index is 0.0425. The summed E-state index contributed by atoms with van der Waals surface area (Å²) in [5.74, 6) is -0.929. The molecular formula is C42H52N4O6. The highest BCUT2D eigenvalue weighted by atomic mass is 16.5. The van der Waals surface area contributed by atoms with E-state index in [9.17, 15) is 19.2 Å². The zero-order valence-corrected chi connectivity index (χ0v) is 30.6. The third-order valence-corrected chi connectivity index (χ3v) is 8.62. The van der Waals surface area contributed by atoms with Gasteiger partial charge >= 0.3 is 12.1 Å². The van der Waals surface area contributed by atoms with Gasteiger partial charge in [0.25, 0.3) is 0 Å². The topological polar surface area (TPSA) is 135 Å². The van der Waals surface area contributed by atoms with Crippen LogP contribution in [0.4, 0.5) is 4.79 Å². The molecule has 10 heteroatoms. The number of nitrogens with one attached hydrogen (secondary N) is 4. The molecule has 10 nitrogen and oxygen atoms in total. The Morgan fingerprint density at radius 2 is 1.31 bits per heavy atom. The predicted octanol–water partition coefficient (Wildman–Crippen LogP) is 6.67. The highest BCUT2D eigenvalue weighted by molar-refractivity contribution is 5.94. The monoisotopic (exact) mass is 708 g/mol. The lowest BCUT2D eigenvalue weighted by Gasteiger charge is -2.27. The van der Waals surface area contributed by atoms with E-state index >= 15 is 0 Å². The molecule has 4 aromatic rings. The molecule has 3 atom stereocenters. The molecule has 0 spiro atoms. The molecule has 52 heavy (non-hydrogen) atoms. The van der Waals surface area contributed by atoms with Gasteiger partial charge in [-0.15, -0.1) is 0 Å². The number of benzene rings is 4. The Morgan fingerprint density at radius 3 is 2.00 bits per heavy atom.